The highest BCUT2D eigenvalue weighted by Gasteiger charge is 2.35. The second kappa shape index (κ2) is 3.86. The Morgan fingerprint density at radius 3 is 2.67 bits per heavy atom. The first kappa shape index (κ1) is 9.92. The number of rotatable bonds is 3. The minimum atomic E-state index is -0.557. The van der Waals surface area contributed by atoms with Gasteiger partial charge in [-0.15, -0.1) is 0 Å². The Kier molecular flexibility index (Phi) is 2.55. The number of ketones is 1. The van der Waals surface area contributed by atoms with Crippen LogP contribution in [0.3, 0.4) is 0 Å². The van der Waals surface area contributed by atoms with Gasteiger partial charge in [0.15, 0.2) is 5.78 Å². The highest BCUT2D eigenvalue weighted by Crippen LogP contribution is 2.35. The van der Waals surface area contributed by atoms with Crippen molar-refractivity contribution in [1.82, 2.24) is 0 Å². The third-order valence-corrected chi connectivity index (χ3v) is 2.89. The van der Waals surface area contributed by atoms with Crippen molar-refractivity contribution in [3.05, 3.63) is 35.4 Å². The van der Waals surface area contributed by atoms with Crippen LogP contribution < -0.4 is 0 Å². The standard InChI is InChI=1S/C13H13NO/c1-9-4-2-3-5-11(9)12(8-14)13(15)10-6-7-10/h2-5,10,12H,6-7H2,1H3/t12-/m0/s1. The van der Waals surface area contributed by atoms with E-state index in [1.807, 2.05) is 31.2 Å². The number of nitriles is 1. The maximum Gasteiger partial charge on any atom is 0.157 e. The van der Waals surface area contributed by atoms with Crippen LogP contribution in [0.4, 0.5) is 0 Å². The fourth-order valence-corrected chi connectivity index (χ4v) is 1.80. The van der Waals surface area contributed by atoms with Gasteiger partial charge in [-0.05, 0) is 30.9 Å². The number of carbonyl (C=O) groups is 1. The highest BCUT2D eigenvalue weighted by atomic mass is 16.1. The number of carbonyl (C=O) groups excluding carboxylic acids is 1. The molecule has 0 aromatic heterocycles. The number of benzene rings is 1. The molecule has 15 heavy (non-hydrogen) atoms. The molecule has 0 radical (unpaired) electrons. The summed E-state index contributed by atoms with van der Waals surface area (Å²) in [4.78, 5) is 11.9. The van der Waals surface area contributed by atoms with E-state index < -0.39 is 5.92 Å². The van der Waals surface area contributed by atoms with E-state index in [0.29, 0.717) is 0 Å². The van der Waals surface area contributed by atoms with Gasteiger partial charge in [0.25, 0.3) is 0 Å². The van der Waals surface area contributed by atoms with Crippen LogP contribution in [0.15, 0.2) is 24.3 Å². The lowest BCUT2D eigenvalue weighted by atomic mass is 9.90. The molecule has 0 saturated heterocycles. The molecule has 1 aliphatic carbocycles. The SMILES string of the molecule is Cc1ccccc1[C@H](C#N)C(=O)C1CC1. The third kappa shape index (κ3) is 1.92. The molecule has 2 nitrogen and oxygen atoms in total. The van der Waals surface area contributed by atoms with Gasteiger partial charge in [-0.2, -0.15) is 5.26 Å². The van der Waals surface area contributed by atoms with Crippen LogP contribution in [-0.4, -0.2) is 5.78 Å². The lowest BCUT2D eigenvalue weighted by Gasteiger charge is -2.10. The molecular weight excluding hydrogens is 186 g/mol. The maximum atomic E-state index is 11.9. The summed E-state index contributed by atoms with van der Waals surface area (Å²) < 4.78 is 0. The lowest BCUT2D eigenvalue weighted by Crippen LogP contribution is -2.13. The smallest absolute Gasteiger partial charge is 0.157 e. The van der Waals surface area contributed by atoms with Crippen LogP contribution in [0, 0.1) is 24.2 Å². The normalized spacial score (nSPS) is 16.8. The van der Waals surface area contributed by atoms with E-state index in [2.05, 4.69) is 6.07 Å². The van der Waals surface area contributed by atoms with Crippen LogP contribution >= 0.6 is 0 Å². The van der Waals surface area contributed by atoms with Crippen molar-refractivity contribution in [2.24, 2.45) is 5.92 Å². The van der Waals surface area contributed by atoms with E-state index in [4.69, 9.17) is 5.26 Å². The molecule has 1 fully saturated rings. The second-order valence-corrected chi connectivity index (χ2v) is 4.10. The fourth-order valence-electron chi connectivity index (χ4n) is 1.80. The predicted octanol–water partition coefficient (Wildman–Crippen LogP) is 2.58. The van der Waals surface area contributed by atoms with Gasteiger partial charge in [-0.25, -0.2) is 0 Å². The fraction of sp³-hybridized carbons (Fsp3) is 0.385. The van der Waals surface area contributed by atoms with Gasteiger partial charge >= 0.3 is 0 Å². The number of Topliss-reactive ketones (excluding diaryl/α,β-unsaturated/α-hetero) is 1. The molecule has 1 aromatic rings. The van der Waals surface area contributed by atoms with Gasteiger partial charge in [0.1, 0.15) is 5.92 Å². The number of hydrogen-bond donors (Lipinski definition) is 0. The maximum absolute atomic E-state index is 11.9. The van der Waals surface area contributed by atoms with Crippen LogP contribution in [-0.2, 0) is 4.79 Å². The number of hydrogen-bond acceptors (Lipinski definition) is 2. The largest absolute Gasteiger partial charge is 0.298 e. The molecule has 1 aromatic carbocycles. The molecular formula is C13H13NO. The average molecular weight is 199 g/mol. The van der Waals surface area contributed by atoms with Crippen molar-refractivity contribution in [2.45, 2.75) is 25.7 Å². The topological polar surface area (TPSA) is 40.9 Å². The summed E-state index contributed by atoms with van der Waals surface area (Å²) in [7, 11) is 0. The molecule has 1 atom stereocenters. The first-order valence-corrected chi connectivity index (χ1v) is 5.23. The van der Waals surface area contributed by atoms with E-state index in [9.17, 15) is 4.79 Å². The molecule has 1 aliphatic rings. The summed E-state index contributed by atoms with van der Waals surface area (Å²) in [5.74, 6) is -0.306. The molecule has 0 N–H and O–H groups in total. The summed E-state index contributed by atoms with van der Waals surface area (Å²) in [6.07, 6.45) is 1.92. The number of aryl methyl sites for hydroxylation is 1. The van der Waals surface area contributed by atoms with E-state index in [0.717, 1.165) is 24.0 Å². The Labute approximate surface area is 89.5 Å². The van der Waals surface area contributed by atoms with Crippen LogP contribution in [0.25, 0.3) is 0 Å². The quantitative estimate of drug-likeness (QED) is 0.750. The van der Waals surface area contributed by atoms with Gasteiger partial charge in [-0.3, -0.25) is 4.79 Å². The Hall–Kier alpha value is -1.62. The molecule has 0 amide bonds. The zero-order valence-electron chi connectivity index (χ0n) is 8.73. The second-order valence-electron chi connectivity index (χ2n) is 4.10. The van der Waals surface area contributed by atoms with Crippen molar-refractivity contribution < 1.29 is 4.79 Å². The van der Waals surface area contributed by atoms with E-state index in [1.165, 1.54) is 0 Å². The first-order valence-electron chi connectivity index (χ1n) is 5.23. The molecule has 0 bridgehead atoms. The summed E-state index contributed by atoms with van der Waals surface area (Å²) in [5.41, 5.74) is 1.90. The van der Waals surface area contributed by atoms with Gasteiger partial charge in [0.2, 0.25) is 0 Å². The summed E-state index contributed by atoms with van der Waals surface area (Å²) in [5, 5.41) is 9.08. The van der Waals surface area contributed by atoms with E-state index >= 15 is 0 Å². The predicted molar refractivity (Wildman–Crippen MR) is 57.3 cm³/mol. The molecule has 2 rings (SSSR count). The third-order valence-electron chi connectivity index (χ3n) is 2.89. The Morgan fingerprint density at radius 2 is 2.13 bits per heavy atom. The van der Waals surface area contributed by atoms with Crippen LogP contribution in [0.5, 0.6) is 0 Å². The minimum absolute atomic E-state index is 0.104. The van der Waals surface area contributed by atoms with Crippen molar-refractivity contribution in [3.63, 3.8) is 0 Å². The molecule has 76 valence electrons. The minimum Gasteiger partial charge on any atom is -0.298 e. The number of nitrogens with zero attached hydrogens (tertiary/aromatic N) is 1. The molecule has 1 saturated carbocycles. The monoisotopic (exact) mass is 199 g/mol. The molecule has 0 heterocycles. The zero-order chi connectivity index (χ0) is 10.8. The molecule has 2 heteroatoms. The van der Waals surface area contributed by atoms with E-state index in [-0.39, 0.29) is 11.7 Å². The van der Waals surface area contributed by atoms with Crippen LogP contribution in [0.1, 0.15) is 29.9 Å². The Balaban J connectivity index is 2.31. The highest BCUT2D eigenvalue weighted by molar-refractivity contribution is 5.92. The summed E-state index contributed by atoms with van der Waals surface area (Å²) in [6, 6.07) is 9.76. The van der Waals surface area contributed by atoms with Crippen molar-refractivity contribution in [3.8, 4) is 6.07 Å². The molecule has 0 aliphatic heterocycles. The van der Waals surface area contributed by atoms with Crippen LogP contribution in [0.2, 0.25) is 0 Å². The Morgan fingerprint density at radius 1 is 1.47 bits per heavy atom. The van der Waals surface area contributed by atoms with Crippen molar-refractivity contribution in [1.29, 1.82) is 5.26 Å². The van der Waals surface area contributed by atoms with Crippen molar-refractivity contribution >= 4 is 5.78 Å². The van der Waals surface area contributed by atoms with Gasteiger partial charge in [0.05, 0.1) is 6.07 Å². The zero-order valence-corrected chi connectivity index (χ0v) is 8.73. The summed E-state index contributed by atoms with van der Waals surface area (Å²) >= 11 is 0. The lowest BCUT2D eigenvalue weighted by molar-refractivity contribution is -0.120. The molecule has 0 spiro atoms. The van der Waals surface area contributed by atoms with E-state index in [1.54, 1.807) is 0 Å². The van der Waals surface area contributed by atoms with Gasteiger partial charge in [-0.1, -0.05) is 24.3 Å². The average Bonchev–Trinajstić information content (AvgIpc) is 3.05. The molecule has 0 unspecified atom stereocenters. The first-order chi connectivity index (χ1) is 7.24. The van der Waals surface area contributed by atoms with Gasteiger partial charge < -0.3 is 0 Å². The Bertz CT molecular complexity index is 426. The summed E-state index contributed by atoms with van der Waals surface area (Å²) in [6.45, 7) is 1.94. The van der Waals surface area contributed by atoms with Crippen molar-refractivity contribution in [2.75, 3.05) is 0 Å². The van der Waals surface area contributed by atoms with Gasteiger partial charge in [0, 0.05) is 5.92 Å².